The summed E-state index contributed by atoms with van der Waals surface area (Å²) < 4.78 is 0. The first kappa shape index (κ1) is 22.2. The van der Waals surface area contributed by atoms with E-state index < -0.39 is 0 Å². The molecule has 1 atom stereocenters. The van der Waals surface area contributed by atoms with Crippen molar-refractivity contribution in [1.82, 2.24) is 0 Å². The molecule has 6 heteroatoms. The van der Waals surface area contributed by atoms with Gasteiger partial charge in [0.15, 0.2) is 0 Å². The Bertz CT molecular complexity index is 444. The van der Waals surface area contributed by atoms with Crippen LogP contribution in [0.3, 0.4) is 0 Å². The molecule has 124 valence electrons. The Morgan fingerprint density at radius 2 is 1.23 bits per heavy atom. The number of phenols is 2. The topological polar surface area (TPSA) is 121 Å². The van der Waals surface area contributed by atoms with Crippen LogP contribution in [0.25, 0.3) is 0 Å². The molecule has 0 aromatic heterocycles. The molecule has 0 fully saturated rings. The van der Waals surface area contributed by atoms with E-state index in [1.54, 1.807) is 6.07 Å². The van der Waals surface area contributed by atoms with Crippen molar-refractivity contribution in [3.8, 4) is 11.5 Å². The lowest BCUT2D eigenvalue weighted by Gasteiger charge is -2.06. The lowest BCUT2D eigenvalue weighted by atomic mass is 9.99. The normalized spacial score (nSPS) is 9.73. The summed E-state index contributed by atoms with van der Waals surface area (Å²) in [6.07, 6.45) is 1.23. The van der Waals surface area contributed by atoms with Gasteiger partial charge in [0.1, 0.15) is 11.5 Å². The zero-order chi connectivity index (χ0) is 17.4. The molecule has 0 saturated carbocycles. The molecule has 0 amide bonds. The molecular weight excluding hydrogens is 288 g/mol. The highest BCUT2D eigenvalue weighted by molar-refractivity contribution is 5.30. The smallest absolute Gasteiger partial charge is 0.119 e. The number of hydrogen-bond donors (Lipinski definition) is 6. The lowest BCUT2D eigenvalue weighted by Crippen LogP contribution is -1.88. The maximum Gasteiger partial charge on any atom is 0.119 e. The third kappa shape index (κ3) is 10.6. The summed E-state index contributed by atoms with van der Waals surface area (Å²) in [5.74, 6) is 0.885. The highest BCUT2D eigenvalue weighted by Crippen LogP contribution is 2.17. The Morgan fingerprint density at radius 3 is 1.55 bits per heavy atom. The van der Waals surface area contributed by atoms with Crippen molar-refractivity contribution in [3.63, 3.8) is 0 Å². The maximum atomic E-state index is 8.65. The van der Waals surface area contributed by atoms with Crippen molar-refractivity contribution in [2.45, 2.75) is 26.2 Å². The minimum Gasteiger partial charge on any atom is -0.508 e. The Hall–Kier alpha value is -2.12. The summed E-state index contributed by atoms with van der Waals surface area (Å²) in [7, 11) is 0. The van der Waals surface area contributed by atoms with Crippen molar-refractivity contribution in [3.05, 3.63) is 60.2 Å². The molecule has 0 aliphatic heterocycles. The molecule has 1 unspecified atom stereocenters. The molecule has 2 aromatic rings. The molecule has 0 radical (unpaired) electrons. The molecule has 6 N–H and O–H groups in total. The second-order valence-corrected chi connectivity index (χ2v) is 4.24. The van der Waals surface area contributed by atoms with Crippen LogP contribution < -0.4 is 0 Å². The van der Waals surface area contributed by atoms with Gasteiger partial charge in [-0.3, -0.25) is 21.0 Å². The van der Waals surface area contributed by atoms with E-state index in [0.29, 0.717) is 5.92 Å². The van der Waals surface area contributed by atoms with Crippen LogP contribution in [0.15, 0.2) is 54.6 Å². The molecule has 0 spiro atoms. The molecule has 0 aliphatic rings. The molecule has 22 heavy (non-hydrogen) atoms. The predicted octanol–water partition coefficient (Wildman–Crippen LogP) is 4.33. The van der Waals surface area contributed by atoms with Crippen LogP contribution in [0.1, 0.15) is 31.7 Å². The predicted molar refractivity (Wildman–Crippen MR) is 85.4 cm³/mol. The molecule has 6 nitrogen and oxygen atoms in total. The average molecular weight is 312 g/mol. The number of phenolic OH excluding ortho intramolecular Hbond substituents is 2. The van der Waals surface area contributed by atoms with Crippen LogP contribution >= 0.6 is 0 Å². The van der Waals surface area contributed by atoms with Crippen molar-refractivity contribution in [2.24, 2.45) is 0 Å². The van der Waals surface area contributed by atoms with Gasteiger partial charge in [-0.2, -0.15) is 0 Å². The van der Waals surface area contributed by atoms with Gasteiger partial charge in [-0.05, 0) is 30.0 Å². The maximum absolute atomic E-state index is 8.65. The van der Waals surface area contributed by atoms with E-state index in [2.05, 4.69) is 44.2 Å². The quantitative estimate of drug-likeness (QED) is 0.362. The third-order valence-electron chi connectivity index (χ3n) is 2.81. The van der Waals surface area contributed by atoms with Crippen molar-refractivity contribution in [2.75, 3.05) is 0 Å². The molecule has 0 bridgehead atoms. The Morgan fingerprint density at radius 1 is 0.773 bits per heavy atom. The van der Waals surface area contributed by atoms with E-state index in [1.807, 2.05) is 0 Å². The summed E-state index contributed by atoms with van der Waals surface area (Å²) in [6, 6.07) is 16.5. The molecule has 0 aliphatic carbocycles. The average Bonchev–Trinajstić information content (AvgIpc) is 2.59. The first-order chi connectivity index (χ1) is 10.6. The van der Waals surface area contributed by atoms with Crippen molar-refractivity contribution >= 4 is 0 Å². The zero-order valence-corrected chi connectivity index (χ0v) is 12.7. The fourth-order valence-electron chi connectivity index (χ4n) is 1.51. The van der Waals surface area contributed by atoms with Gasteiger partial charge in [0.05, 0.1) is 0 Å². The van der Waals surface area contributed by atoms with Gasteiger partial charge < -0.3 is 10.2 Å². The van der Waals surface area contributed by atoms with Gasteiger partial charge in [0.2, 0.25) is 0 Å². The van der Waals surface area contributed by atoms with Gasteiger partial charge in [0.25, 0.3) is 0 Å². The summed E-state index contributed by atoms with van der Waals surface area (Å²) in [6.45, 7) is 4.48. The van der Waals surface area contributed by atoms with Gasteiger partial charge >= 0.3 is 0 Å². The Kier molecular flexibility index (Phi) is 15.4. The second kappa shape index (κ2) is 15.3. The van der Waals surface area contributed by atoms with Crippen LogP contribution in [0.2, 0.25) is 0 Å². The highest BCUT2D eigenvalue weighted by atomic mass is 17.0. The van der Waals surface area contributed by atoms with E-state index in [-0.39, 0.29) is 11.5 Å². The van der Waals surface area contributed by atoms with Crippen LogP contribution in [0, 0.1) is 0 Å². The first-order valence-corrected chi connectivity index (χ1v) is 6.56. The molecule has 2 aromatic carbocycles. The van der Waals surface area contributed by atoms with Gasteiger partial charge in [-0.25, -0.2) is 0 Å². The number of benzene rings is 2. The van der Waals surface area contributed by atoms with E-state index in [0.717, 1.165) is 0 Å². The van der Waals surface area contributed by atoms with E-state index in [9.17, 15) is 0 Å². The lowest BCUT2D eigenvalue weighted by molar-refractivity contribution is -0.176. The molecule has 0 heterocycles. The monoisotopic (exact) mass is 312 g/mol. The van der Waals surface area contributed by atoms with Crippen molar-refractivity contribution in [1.29, 1.82) is 0 Å². The Balaban J connectivity index is 0. The molecule has 0 saturated heterocycles. The molecular formula is C16H24O6. The van der Waals surface area contributed by atoms with Crippen LogP contribution in [0.5, 0.6) is 11.5 Å². The third-order valence-corrected chi connectivity index (χ3v) is 2.81. The van der Waals surface area contributed by atoms with Gasteiger partial charge in [-0.15, -0.1) is 0 Å². The van der Waals surface area contributed by atoms with Crippen LogP contribution in [-0.2, 0) is 0 Å². The first-order valence-electron chi connectivity index (χ1n) is 6.56. The fraction of sp³-hybridized carbons (Fsp3) is 0.250. The summed E-state index contributed by atoms with van der Waals surface area (Å²) in [5, 5.41) is 41.3. The minimum atomic E-state index is 0.0880. The minimum absolute atomic E-state index is 0.0880. The number of rotatable bonds is 2. The second-order valence-electron chi connectivity index (χ2n) is 4.24. The largest absolute Gasteiger partial charge is 0.508 e. The van der Waals surface area contributed by atoms with Gasteiger partial charge in [0, 0.05) is 6.07 Å². The van der Waals surface area contributed by atoms with E-state index in [4.69, 9.17) is 31.2 Å². The van der Waals surface area contributed by atoms with E-state index in [1.165, 1.54) is 30.2 Å². The van der Waals surface area contributed by atoms with E-state index >= 15 is 0 Å². The Labute approximate surface area is 130 Å². The summed E-state index contributed by atoms with van der Waals surface area (Å²) in [5.41, 5.74) is 1.45. The standard InChI is InChI=1S/C10H14.C6H6O2.2H2O2/c1-3-9(2)10-7-5-4-6-8-10;7-5-2-1-3-6(8)4-5;2*1-2/h4-9H,3H2,1-2H3;1-4,7-8H;2*1-2H. The summed E-state index contributed by atoms with van der Waals surface area (Å²) in [4.78, 5) is 0. The highest BCUT2D eigenvalue weighted by Gasteiger charge is 1.98. The number of hydrogen-bond acceptors (Lipinski definition) is 6. The molecule has 2 rings (SSSR count). The summed E-state index contributed by atoms with van der Waals surface area (Å²) >= 11 is 0. The SMILES string of the molecule is CCC(C)c1ccccc1.OO.OO.Oc1cccc(O)c1. The van der Waals surface area contributed by atoms with Crippen LogP contribution in [-0.4, -0.2) is 31.2 Å². The van der Waals surface area contributed by atoms with Gasteiger partial charge in [-0.1, -0.05) is 50.2 Å². The van der Waals surface area contributed by atoms with Crippen molar-refractivity contribution < 1.29 is 31.2 Å². The zero-order valence-electron chi connectivity index (χ0n) is 12.7. The fourth-order valence-corrected chi connectivity index (χ4v) is 1.51. The number of aromatic hydroxyl groups is 2. The van der Waals surface area contributed by atoms with Crippen LogP contribution in [0.4, 0.5) is 0 Å².